The van der Waals surface area contributed by atoms with Crippen molar-refractivity contribution < 1.29 is 9.22 Å². The standard InChI is InChI=1S/C16H30O2Si/c1-8-12-16(5)13(17)10-9-11-14(16)18-19(6,7)15(2,3)4/h8,14H,1,9-12H2,2-7H3/t14-,16+/m0/s1. The molecular weight excluding hydrogens is 252 g/mol. The van der Waals surface area contributed by atoms with Gasteiger partial charge in [0.05, 0.1) is 11.5 Å². The van der Waals surface area contributed by atoms with Crippen molar-refractivity contribution in [1.29, 1.82) is 0 Å². The second-order valence-electron chi connectivity index (χ2n) is 7.59. The molecule has 0 amide bonds. The van der Waals surface area contributed by atoms with E-state index >= 15 is 0 Å². The fourth-order valence-electron chi connectivity index (χ4n) is 2.50. The van der Waals surface area contributed by atoms with Gasteiger partial charge >= 0.3 is 0 Å². The Kier molecular flexibility index (Phi) is 4.84. The molecule has 0 aromatic carbocycles. The number of hydrogen-bond acceptors (Lipinski definition) is 2. The fraction of sp³-hybridized carbons (Fsp3) is 0.812. The molecule has 110 valence electrons. The number of hydrogen-bond donors (Lipinski definition) is 0. The second kappa shape index (κ2) is 5.53. The monoisotopic (exact) mass is 282 g/mol. The third-order valence-electron chi connectivity index (χ3n) is 5.03. The summed E-state index contributed by atoms with van der Waals surface area (Å²) in [5.74, 6) is 0.349. The Morgan fingerprint density at radius 1 is 1.47 bits per heavy atom. The predicted molar refractivity (Wildman–Crippen MR) is 83.8 cm³/mol. The van der Waals surface area contributed by atoms with E-state index in [1.54, 1.807) is 0 Å². The molecule has 0 saturated heterocycles. The Labute approximate surface area is 119 Å². The topological polar surface area (TPSA) is 26.3 Å². The van der Waals surface area contributed by atoms with Crippen LogP contribution < -0.4 is 0 Å². The Hall–Kier alpha value is -0.413. The summed E-state index contributed by atoms with van der Waals surface area (Å²) in [6, 6.07) is 0. The largest absolute Gasteiger partial charge is 0.413 e. The minimum Gasteiger partial charge on any atom is -0.413 e. The van der Waals surface area contributed by atoms with Gasteiger partial charge in [0.15, 0.2) is 8.32 Å². The molecule has 1 fully saturated rings. The molecule has 0 unspecified atom stereocenters. The Balaban J connectivity index is 2.97. The van der Waals surface area contributed by atoms with Crippen molar-refractivity contribution in [3.05, 3.63) is 12.7 Å². The summed E-state index contributed by atoms with van der Waals surface area (Å²) in [4.78, 5) is 12.3. The highest BCUT2D eigenvalue weighted by Gasteiger charge is 2.48. The maximum atomic E-state index is 12.3. The van der Waals surface area contributed by atoms with E-state index in [1.165, 1.54) is 0 Å². The van der Waals surface area contributed by atoms with Gasteiger partial charge in [-0.25, -0.2) is 0 Å². The summed E-state index contributed by atoms with van der Waals surface area (Å²) >= 11 is 0. The highest BCUT2D eigenvalue weighted by atomic mass is 28.4. The first-order chi connectivity index (χ1) is 8.54. The van der Waals surface area contributed by atoms with Crippen LogP contribution in [-0.2, 0) is 9.22 Å². The Bertz CT molecular complexity index is 354. The van der Waals surface area contributed by atoms with Crippen molar-refractivity contribution >= 4 is 14.1 Å². The first-order valence-corrected chi connectivity index (χ1v) is 10.3. The summed E-state index contributed by atoms with van der Waals surface area (Å²) in [6.07, 6.45) is 5.32. The summed E-state index contributed by atoms with van der Waals surface area (Å²) in [5.41, 5.74) is -0.366. The van der Waals surface area contributed by atoms with Gasteiger partial charge < -0.3 is 4.43 Å². The molecule has 2 nitrogen and oxygen atoms in total. The van der Waals surface area contributed by atoms with Crippen LogP contribution >= 0.6 is 0 Å². The van der Waals surface area contributed by atoms with E-state index in [2.05, 4.69) is 47.4 Å². The first kappa shape index (κ1) is 16.6. The summed E-state index contributed by atoms with van der Waals surface area (Å²) in [5, 5.41) is 0.183. The molecule has 1 saturated carbocycles. The zero-order chi connectivity index (χ0) is 14.9. The predicted octanol–water partition coefficient (Wildman–Crippen LogP) is 4.71. The number of carbonyl (C=O) groups excluding carboxylic acids is 1. The molecule has 3 heteroatoms. The van der Waals surface area contributed by atoms with Crippen LogP contribution in [0.1, 0.15) is 53.4 Å². The van der Waals surface area contributed by atoms with Gasteiger partial charge in [0, 0.05) is 6.42 Å². The van der Waals surface area contributed by atoms with Crippen LogP contribution in [0.5, 0.6) is 0 Å². The smallest absolute Gasteiger partial charge is 0.192 e. The van der Waals surface area contributed by atoms with Crippen LogP contribution in [-0.4, -0.2) is 20.2 Å². The molecule has 0 radical (unpaired) electrons. The van der Waals surface area contributed by atoms with Crippen molar-refractivity contribution in [3.8, 4) is 0 Å². The number of carbonyl (C=O) groups is 1. The number of rotatable bonds is 4. The normalized spacial score (nSPS) is 29.4. The van der Waals surface area contributed by atoms with Crippen molar-refractivity contribution in [2.24, 2.45) is 5.41 Å². The third-order valence-corrected chi connectivity index (χ3v) is 9.52. The maximum Gasteiger partial charge on any atom is 0.192 e. The summed E-state index contributed by atoms with van der Waals surface area (Å²) in [7, 11) is -1.83. The molecule has 0 bridgehead atoms. The van der Waals surface area contributed by atoms with Gasteiger partial charge in [-0.15, -0.1) is 6.58 Å². The van der Waals surface area contributed by atoms with Crippen molar-refractivity contribution in [3.63, 3.8) is 0 Å². The minimum atomic E-state index is -1.83. The van der Waals surface area contributed by atoms with Crippen LogP contribution in [0.3, 0.4) is 0 Å². The highest BCUT2D eigenvalue weighted by molar-refractivity contribution is 6.74. The summed E-state index contributed by atoms with van der Waals surface area (Å²) in [6.45, 7) is 17.1. The molecule has 1 aliphatic rings. The van der Waals surface area contributed by atoms with E-state index in [0.29, 0.717) is 12.2 Å². The number of Topliss-reactive ketones (excluding diaryl/α,β-unsaturated/α-hetero) is 1. The van der Waals surface area contributed by atoms with E-state index in [9.17, 15) is 4.79 Å². The van der Waals surface area contributed by atoms with E-state index in [1.807, 2.05) is 6.08 Å². The molecule has 2 atom stereocenters. The van der Waals surface area contributed by atoms with E-state index < -0.39 is 8.32 Å². The fourth-order valence-corrected chi connectivity index (χ4v) is 3.94. The van der Waals surface area contributed by atoms with Gasteiger partial charge in [-0.1, -0.05) is 26.8 Å². The first-order valence-electron chi connectivity index (χ1n) is 7.36. The molecule has 0 heterocycles. The van der Waals surface area contributed by atoms with Crippen molar-refractivity contribution in [2.75, 3.05) is 0 Å². The van der Waals surface area contributed by atoms with Crippen LogP contribution in [0.25, 0.3) is 0 Å². The van der Waals surface area contributed by atoms with Gasteiger partial charge in [-0.3, -0.25) is 4.79 Å². The van der Waals surface area contributed by atoms with Gasteiger partial charge in [0.25, 0.3) is 0 Å². The molecule has 0 aromatic heterocycles. The lowest BCUT2D eigenvalue weighted by Gasteiger charge is -2.46. The van der Waals surface area contributed by atoms with E-state index in [4.69, 9.17) is 4.43 Å². The number of allylic oxidation sites excluding steroid dienone is 1. The van der Waals surface area contributed by atoms with Crippen LogP contribution in [0.15, 0.2) is 12.7 Å². The molecule has 19 heavy (non-hydrogen) atoms. The highest BCUT2D eigenvalue weighted by Crippen LogP contribution is 2.44. The Morgan fingerprint density at radius 3 is 2.53 bits per heavy atom. The lowest BCUT2D eigenvalue weighted by molar-refractivity contribution is -0.137. The van der Waals surface area contributed by atoms with Gasteiger partial charge in [0.1, 0.15) is 5.78 Å². The second-order valence-corrected chi connectivity index (χ2v) is 12.3. The van der Waals surface area contributed by atoms with Gasteiger partial charge in [-0.05, 0) is 44.3 Å². The molecule has 1 rings (SSSR count). The molecule has 0 aliphatic heterocycles. The lowest BCUT2D eigenvalue weighted by atomic mass is 9.70. The average Bonchev–Trinajstić information content (AvgIpc) is 2.24. The van der Waals surface area contributed by atoms with Crippen LogP contribution in [0, 0.1) is 5.41 Å². The third kappa shape index (κ3) is 3.37. The molecule has 0 spiro atoms. The Morgan fingerprint density at radius 2 is 2.05 bits per heavy atom. The maximum absolute atomic E-state index is 12.3. The molecule has 0 aromatic rings. The van der Waals surface area contributed by atoms with Crippen molar-refractivity contribution in [1.82, 2.24) is 0 Å². The lowest BCUT2D eigenvalue weighted by Crippen LogP contribution is -2.52. The molecule has 0 N–H and O–H groups in total. The molecular formula is C16H30O2Si. The zero-order valence-electron chi connectivity index (χ0n) is 13.5. The van der Waals surface area contributed by atoms with Crippen LogP contribution in [0.4, 0.5) is 0 Å². The number of ketones is 1. The quantitative estimate of drug-likeness (QED) is 0.551. The minimum absolute atomic E-state index is 0.0626. The van der Waals surface area contributed by atoms with Crippen molar-refractivity contribution in [2.45, 2.75) is 77.6 Å². The van der Waals surface area contributed by atoms with E-state index in [0.717, 1.165) is 19.3 Å². The van der Waals surface area contributed by atoms with Gasteiger partial charge in [-0.2, -0.15) is 0 Å². The summed E-state index contributed by atoms with van der Waals surface area (Å²) < 4.78 is 6.55. The van der Waals surface area contributed by atoms with E-state index in [-0.39, 0.29) is 16.6 Å². The van der Waals surface area contributed by atoms with Crippen LogP contribution in [0.2, 0.25) is 18.1 Å². The zero-order valence-corrected chi connectivity index (χ0v) is 14.5. The average molecular weight is 282 g/mol. The SMILES string of the molecule is C=CC[C@]1(C)C(=O)CCC[C@@H]1O[Si](C)(C)C(C)(C)C. The molecule has 1 aliphatic carbocycles. The van der Waals surface area contributed by atoms with Gasteiger partial charge in [0.2, 0.25) is 0 Å².